The third kappa shape index (κ3) is 5.81. The highest BCUT2D eigenvalue weighted by Gasteiger charge is 2.34. The number of nitro groups is 1. The molecule has 1 N–H and O–H groups in total. The predicted octanol–water partition coefficient (Wildman–Crippen LogP) is 4.05. The molecule has 1 saturated heterocycles. The summed E-state index contributed by atoms with van der Waals surface area (Å²) in [5.74, 6) is -0.248. The molecule has 3 amide bonds. The Balaban J connectivity index is 1.48. The van der Waals surface area contributed by atoms with Gasteiger partial charge in [-0.05, 0) is 48.4 Å². The highest BCUT2D eigenvalue weighted by Crippen LogP contribution is 2.31. The summed E-state index contributed by atoms with van der Waals surface area (Å²) < 4.78 is 21.4. The molecule has 0 saturated carbocycles. The van der Waals surface area contributed by atoms with Crippen LogP contribution in [0.15, 0.2) is 64.7 Å². The third-order valence-corrected chi connectivity index (χ3v) is 5.42. The molecule has 3 aromatic rings. The zero-order chi connectivity index (χ0) is 27.2. The van der Waals surface area contributed by atoms with Gasteiger partial charge >= 0.3 is 12.0 Å². The Kier molecular flexibility index (Phi) is 7.71. The van der Waals surface area contributed by atoms with Crippen LogP contribution >= 0.6 is 0 Å². The lowest BCUT2D eigenvalue weighted by Crippen LogP contribution is -2.30. The maximum Gasteiger partial charge on any atom is 0.373 e. The van der Waals surface area contributed by atoms with Crippen LogP contribution in [0.5, 0.6) is 11.5 Å². The largest absolute Gasteiger partial charge is 0.490 e. The molecule has 1 fully saturated rings. The molecule has 196 valence electrons. The van der Waals surface area contributed by atoms with Gasteiger partial charge in [0, 0.05) is 12.1 Å². The summed E-state index contributed by atoms with van der Waals surface area (Å²) in [5, 5.41) is 13.5. The molecule has 0 aliphatic carbocycles. The molecule has 0 bridgehead atoms. The molecule has 1 aliphatic heterocycles. The fourth-order valence-electron chi connectivity index (χ4n) is 3.63. The topological polar surface area (TPSA) is 150 Å². The number of carbonyl (C=O) groups is 3. The van der Waals surface area contributed by atoms with Gasteiger partial charge in [0.15, 0.2) is 11.5 Å². The number of carbonyl (C=O) groups excluding carboxylic acids is 3. The van der Waals surface area contributed by atoms with Crippen molar-refractivity contribution in [3.63, 3.8) is 0 Å². The average Bonchev–Trinajstić information content (AvgIpc) is 3.48. The number of nitro benzene ring substituents is 1. The van der Waals surface area contributed by atoms with E-state index in [1.54, 1.807) is 37.3 Å². The maximum absolute atomic E-state index is 12.9. The van der Waals surface area contributed by atoms with Crippen LogP contribution in [0, 0.1) is 10.1 Å². The van der Waals surface area contributed by atoms with Gasteiger partial charge in [-0.1, -0.05) is 18.2 Å². The number of nitrogens with one attached hydrogen (secondary N) is 1. The zero-order valence-electron chi connectivity index (χ0n) is 20.5. The van der Waals surface area contributed by atoms with Crippen molar-refractivity contribution in [3.8, 4) is 11.5 Å². The van der Waals surface area contributed by atoms with Gasteiger partial charge in [-0.15, -0.1) is 0 Å². The Morgan fingerprint density at radius 1 is 1.11 bits per heavy atom. The minimum Gasteiger partial charge on any atom is -0.490 e. The number of furan rings is 1. The standard InChI is InChI=1S/C26H23N3O9/c1-3-36-23-13-16(7-9-21(23)37-15-17-5-4-6-18(11-17)29(33)34)12-20-24(30)28(26(32)27-20)14-19-8-10-22(38-19)25(31)35-2/h4-13H,3,14-15H2,1-2H3,(H,27,32)/b20-12-. The highest BCUT2D eigenvalue weighted by atomic mass is 16.6. The first-order chi connectivity index (χ1) is 18.3. The van der Waals surface area contributed by atoms with Gasteiger partial charge in [0.25, 0.3) is 11.6 Å². The first kappa shape index (κ1) is 25.9. The van der Waals surface area contributed by atoms with Crippen LogP contribution in [0.4, 0.5) is 10.5 Å². The normalized spacial score (nSPS) is 13.9. The molecule has 38 heavy (non-hydrogen) atoms. The van der Waals surface area contributed by atoms with Crippen molar-refractivity contribution in [1.29, 1.82) is 0 Å². The predicted molar refractivity (Wildman–Crippen MR) is 132 cm³/mol. The fraction of sp³-hybridized carbons (Fsp3) is 0.192. The van der Waals surface area contributed by atoms with Crippen molar-refractivity contribution in [3.05, 3.63) is 93.1 Å². The second kappa shape index (κ2) is 11.3. The molecule has 12 nitrogen and oxygen atoms in total. The van der Waals surface area contributed by atoms with Gasteiger partial charge in [-0.25, -0.2) is 9.59 Å². The molecule has 1 aliphatic rings. The number of benzene rings is 2. The zero-order valence-corrected chi connectivity index (χ0v) is 20.5. The van der Waals surface area contributed by atoms with Crippen molar-refractivity contribution in [2.45, 2.75) is 20.1 Å². The maximum atomic E-state index is 12.9. The monoisotopic (exact) mass is 521 g/mol. The van der Waals surface area contributed by atoms with Crippen LogP contribution in [0.1, 0.15) is 34.4 Å². The number of ether oxygens (including phenoxy) is 3. The second-order valence-electron chi connectivity index (χ2n) is 7.99. The summed E-state index contributed by atoms with van der Waals surface area (Å²) >= 11 is 0. The SMILES string of the molecule is CCOc1cc(/C=C2\NC(=O)N(Cc3ccc(C(=O)OC)o3)C2=O)ccc1OCc1cccc([N+](=O)[O-])c1. The van der Waals surface area contributed by atoms with Gasteiger partial charge < -0.3 is 23.9 Å². The van der Waals surface area contributed by atoms with Crippen LogP contribution in [0.2, 0.25) is 0 Å². The minimum atomic E-state index is -0.670. The molecule has 1 aromatic heterocycles. The Hall–Kier alpha value is -5.13. The number of urea groups is 1. The Morgan fingerprint density at radius 2 is 1.92 bits per heavy atom. The van der Waals surface area contributed by atoms with Crippen LogP contribution in [-0.4, -0.2) is 41.4 Å². The van der Waals surface area contributed by atoms with E-state index in [2.05, 4.69) is 10.1 Å². The lowest BCUT2D eigenvalue weighted by Gasteiger charge is -2.13. The van der Waals surface area contributed by atoms with E-state index in [9.17, 15) is 24.5 Å². The van der Waals surface area contributed by atoms with Gasteiger partial charge in [0.1, 0.15) is 18.1 Å². The van der Waals surface area contributed by atoms with Gasteiger partial charge in [0.2, 0.25) is 5.76 Å². The highest BCUT2D eigenvalue weighted by molar-refractivity contribution is 6.13. The molecule has 0 unspecified atom stereocenters. The molecule has 2 heterocycles. The van der Waals surface area contributed by atoms with E-state index in [0.717, 1.165) is 4.90 Å². The first-order valence-electron chi connectivity index (χ1n) is 11.4. The van der Waals surface area contributed by atoms with E-state index in [1.165, 1.54) is 37.5 Å². The summed E-state index contributed by atoms with van der Waals surface area (Å²) in [6.07, 6.45) is 1.50. The first-order valence-corrected chi connectivity index (χ1v) is 11.4. The smallest absolute Gasteiger partial charge is 0.373 e. The summed E-state index contributed by atoms with van der Waals surface area (Å²) in [6.45, 7) is 2.05. The van der Waals surface area contributed by atoms with E-state index in [-0.39, 0.29) is 36.1 Å². The summed E-state index contributed by atoms with van der Waals surface area (Å²) in [4.78, 5) is 48.3. The molecular weight excluding hydrogens is 498 g/mol. The number of hydrogen-bond acceptors (Lipinski definition) is 9. The number of imide groups is 1. The number of esters is 1. The number of hydrogen-bond donors (Lipinski definition) is 1. The van der Waals surface area contributed by atoms with Crippen LogP contribution in [0.25, 0.3) is 6.08 Å². The molecule has 12 heteroatoms. The Morgan fingerprint density at radius 3 is 2.66 bits per heavy atom. The van der Waals surface area contributed by atoms with Gasteiger partial charge in [0.05, 0.1) is 25.2 Å². The van der Waals surface area contributed by atoms with Crippen molar-refractivity contribution < 1.29 is 37.9 Å². The van der Waals surface area contributed by atoms with E-state index >= 15 is 0 Å². The average molecular weight is 521 g/mol. The number of amides is 3. The third-order valence-electron chi connectivity index (χ3n) is 5.42. The Labute approximate surface area is 216 Å². The number of methoxy groups -OCH3 is 1. The summed E-state index contributed by atoms with van der Waals surface area (Å²) in [5.41, 5.74) is 1.18. The molecular formula is C26H23N3O9. The van der Waals surface area contributed by atoms with E-state index < -0.39 is 22.8 Å². The minimum absolute atomic E-state index is 0.0358. The van der Waals surface area contributed by atoms with Crippen molar-refractivity contribution in [1.82, 2.24) is 10.2 Å². The number of rotatable bonds is 10. The number of nitrogens with zero attached hydrogens (tertiary/aromatic N) is 2. The Bertz CT molecular complexity index is 1430. The quantitative estimate of drug-likeness (QED) is 0.137. The molecule has 0 radical (unpaired) electrons. The van der Waals surface area contributed by atoms with Crippen molar-refractivity contribution in [2.75, 3.05) is 13.7 Å². The lowest BCUT2D eigenvalue weighted by atomic mass is 10.1. The fourth-order valence-corrected chi connectivity index (χ4v) is 3.63. The van der Waals surface area contributed by atoms with Crippen LogP contribution in [-0.2, 0) is 22.7 Å². The van der Waals surface area contributed by atoms with E-state index in [0.29, 0.717) is 29.2 Å². The van der Waals surface area contributed by atoms with Gasteiger partial charge in [-0.2, -0.15) is 0 Å². The molecule has 2 aromatic carbocycles. The van der Waals surface area contributed by atoms with E-state index in [4.69, 9.17) is 13.9 Å². The number of non-ortho nitro benzene ring substituents is 1. The van der Waals surface area contributed by atoms with Crippen LogP contribution in [0.3, 0.4) is 0 Å². The van der Waals surface area contributed by atoms with Crippen molar-refractivity contribution in [2.24, 2.45) is 0 Å². The van der Waals surface area contributed by atoms with Crippen LogP contribution < -0.4 is 14.8 Å². The molecule has 0 atom stereocenters. The molecule has 0 spiro atoms. The second-order valence-corrected chi connectivity index (χ2v) is 7.99. The lowest BCUT2D eigenvalue weighted by molar-refractivity contribution is -0.384. The summed E-state index contributed by atoms with van der Waals surface area (Å²) in [6, 6.07) is 13.3. The van der Waals surface area contributed by atoms with Crippen molar-refractivity contribution >= 4 is 29.7 Å². The van der Waals surface area contributed by atoms with E-state index in [1.807, 2.05) is 0 Å². The summed E-state index contributed by atoms with van der Waals surface area (Å²) in [7, 11) is 1.21. The molecule has 4 rings (SSSR count). The van der Waals surface area contributed by atoms with Gasteiger partial charge in [-0.3, -0.25) is 19.8 Å².